The molecule has 112 valence electrons. The van der Waals surface area contributed by atoms with Gasteiger partial charge in [-0.25, -0.2) is 4.98 Å². The summed E-state index contributed by atoms with van der Waals surface area (Å²) in [7, 11) is 0. The maximum Gasteiger partial charge on any atom is 0.313 e. The first-order valence-electron chi connectivity index (χ1n) is 7.14. The number of fused-ring (bicyclic) bond motifs is 1. The number of aliphatic carboxylic acids is 1. The number of benzene rings is 1. The number of carboxylic acids is 1. The standard InChI is InChI=1S/C15H17BrN2O2S/c16-11-5-6-12-13(8-11)18(7-1-2-10-3-4-10)15(17-12)21-9-14(19)20/h5-6,8,10H,1-4,7,9H2,(H,19,20). The Balaban J connectivity index is 1.84. The van der Waals surface area contributed by atoms with Gasteiger partial charge in [0, 0.05) is 11.0 Å². The van der Waals surface area contributed by atoms with Crippen molar-refractivity contribution in [1.82, 2.24) is 9.55 Å². The summed E-state index contributed by atoms with van der Waals surface area (Å²) in [5.74, 6) is 0.159. The number of carboxylic acid groups (broad SMARTS) is 1. The zero-order chi connectivity index (χ0) is 14.8. The maximum absolute atomic E-state index is 10.8. The van der Waals surface area contributed by atoms with Gasteiger partial charge in [-0.15, -0.1) is 0 Å². The molecule has 4 nitrogen and oxygen atoms in total. The molecule has 1 aromatic heterocycles. The Bertz CT molecular complexity index is 667. The summed E-state index contributed by atoms with van der Waals surface area (Å²) in [6.45, 7) is 0.908. The molecule has 3 rings (SSSR count). The number of hydrogen-bond donors (Lipinski definition) is 1. The van der Waals surface area contributed by atoms with E-state index in [1.807, 2.05) is 12.1 Å². The highest BCUT2D eigenvalue weighted by Gasteiger charge is 2.21. The largest absolute Gasteiger partial charge is 0.481 e. The summed E-state index contributed by atoms with van der Waals surface area (Å²) >= 11 is 4.80. The average molecular weight is 369 g/mol. The Morgan fingerprint density at radius 2 is 2.29 bits per heavy atom. The quantitative estimate of drug-likeness (QED) is 0.745. The van der Waals surface area contributed by atoms with Crippen LogP contribution in [-0.4, -0.2) is 26.4 Å². The minimum absolute atomic E-state index is 0.0487. The molecular formula is C15H17BrN2O2S. The molecule has 1 heterocycles. The lowest BCUT2D eigenvalue weighted by Crippen LogP contribution is -2.04. The van der Waals surface area contributed by atoms with Gasteiger partial charge in [-0.3, -0.25) is 4.79 Å². The zero-order valence-corrected chi connectivity index (χ0v) is 14.0. The lowest BCUT2D eigenvalue weighted by molar-refractivity contribution is -0.133. The summed E-state index contributed by atoms with van der Waals surface area (Å²) in [4.78, 5) is 15.4. The van der Waals surface area contributed by atoms with Crippen molar-refractivity contribution >= 4 is 44.7 Å². The van der Waals surface area contributed by atoms with Crippen molar-refractivity contribution in [3.8, 4) is 0 Å². The molecule has 2 aromatic rings. The second kappa shape index (κ2) is 6.40. The van der Waals surface area contributed by atoms with Gasteiger partial charge in [0.2, 0.25) is 0 Å². The van der Waals surface area contributed by atoms with E-state index >= 15 is 0 Å². The van der Waals surface area contributed by atoms with Gasteiger partial charge in [-0.1, -0.05) is 40.5 Å². The van der Waals surface area contributed by atoms with Crippen LogP contribution in [0.25, 0.3) is 11.0 Å². The number of halogens is 1. The van der Waals surface area contributed by atoms with Crippen LogP contribution >= 0.6 is 27.7 Å². The normalized spacial score (nSPS) is 14.7. The first kappa shape index (κ1) is 14.9. The van der Waals surface area contributed by atoms with Gasteiger partial charge < -0.3 is 9.67 Å². The number of thioether (sulfide) groups is 1. The van der Waals surface area contributed by atoms with E-state index < -0.39 is 5.97 Å². The van der Waals surface area contributed by atoms with E-state index in [0.717, 1.165) is 39.5 Å². The van der Waals surface area contributed by atoms with Crippen molar-refractivity contribution in [2.45, 2.75) is 37.4 Å². The van der Waals surface area contributed by atoms with Crippen LogP contribution in [0.2, 0.25) is 0 Å². The van der Waals surface area contributed by atoms with Gasteiger partial charge in [-0.05, 0) is 37.0 Å². The molecule has 1 aliphatic rings. The molecular weight excluding hydrogens is 352 g/mol. The molecule has 0 atom stereocenters. The van der Waals surface area contributed by atoms with Gasteiger partial charge in [0.05, 0.1) is 16.8 Å². The van der Waals surface area contributed by atoms with Gasteiger partial charge in [0.15, 0.2) is 5.16 Å². The number of imidazole rings is 1. The zero-order valence-electron chi connectivity index (χ0n) is 11.6. The lowest BCUT2D eigenvalue weighted by atomic mass is 10.2. The Hall–Kier alpha value is -1.01. The Kier molecular flexibility index (Phi) is 4.54. The molecule has 21 heavy (non-hydrogen) atoms. The summed E-state index contributed by atoms with van der Waals surface area (Å²) in [5, 5.41) is 9.68. The van der Waals surface area contributed by atoms with Crippen LogP contribution in [0.1, 0.15) is 25.7 Å². The first-order valence-corrected chi connectivity index (χ1v) is 8.92. The van der Waals surface area contributed by atoms with Crippen LogP contribution in [0.3, 0.4) is 0 Å². The molecule has 1 fully saturated rings. The molecule has 0 aliphatic heterocycles. The molecule has 0 radical (unpaired) electrons. The van der Waals surface area contributed by atoms with Crippen molar-refractivity contribution in [2.75, 3.05) is 5.75 Å². The predicted octanol–water partition coefficient (Wildman–Crippen LogP) is 4.17. The fourth-order valence-electron chi connectivity index (χ4n) is 2.47. The Morgan fingerprint density at radius 3 is 3.00 bits per heavy atom. The van der Waals surface area contributed by atoms with E-state index in [-0.39, 0.29) is 5.75 Å². The Labute approximate surface area is 136 Å². The molecule has 6 heteroatoms. The topological polar surface area (TPSA) is 55.1 Å². The second-order valence-electron chi connectivity index (χ2n) is 5.45. The highest BCUT2D eigenvalue weighted by atomic mass is 79.9. The molecule has 0 unspecified atom stereocenters. The first-order chi connectivity index (χ1) is 10.1. The van der Waals surface area contributed by atoms with Gasteiger partial charge in [0.1, 0.15) is 0 Å². The fourth-order valence-corrected chi connectivity index (χ4v) is 3.58. The SMILES string of the molecule is O=C(O)CSc1nc2ccc(Br)cc2n1CCCC1CC1. The van der Waals surface area contributed by atoms with Crippen LogP contribution < -0.4 is 0 Å². The minimum Gasteiger partial charge on any atom is -0.481 e. The third-order valence-electron chi connectivity index (χ3n) is 3.69. The van der Waals surface area contributed by atoms with Crippen LogP contribution in [0.4, 0.5) is 0 Å². The minimum atomic E-state index is -0.808. The van der Waals surface area contributed by atoms with Crippen LogP contribution in [0.5, 0.6) is 0 Å². The summed E-state index contributed by atoms with van der Waals surface area (Å²) in [5.41, 5.74) is 2.01. The monoisotopic (exact) mass is 368 g/mol. The summed E-state index contributed by atoms with van der Waals surface area (Å²) < 4.78 is 3.18. The van der Waals surface area contributed by atoms with E-state index in [1.54, 1.807) is 0 Å². The Morgan fingerprint density at radius 1 is 1.48 bits per heavy atom. The number of nitrogens with zero attached hydrogens (tertiary/aromatic N) is 2. The number of carbonyl (C=O) groups is 1. The van der Waals surface area contributed by atoms with Crippen molar-refractivity contribution in [1.29, 1.82) is 0 Å². The van der Waals surface area contributed by atoms with Crippen molar-refractivity contribution < 1.29 is 9.90 Å². The molecule has 1 aliphatic carbocycles. The molecule has 0 spiro atoms. The lowest BCUT2D eigenvalue weighted by Gasteiger charge is -2.08. The van der Waals surface area contributed by atoms with E-state index in [4.69, 9.17) is 5.11 Å². The molecule has 1 saturated carbocycles. The molecule has 0 saturated heterocycles. The number of aromatic nitrogens is 2. The average Bonchev–Trinajstić information content (AvgIpc) is 3.20. The molecule has 0 bridgehead atoms. The highest BCUT2D eigenvalue weighted by Crippen LogP contribution is 2.34. The third kappa shape index (κ3) is 3.80. The van der Waals surface area contributed by atoms with Crippen molar-refractivity contribution in [3.05, 3.63) is 22.7 Å². The van der Waals surface area contributed by atoms with E-state index in [9.17, 15) is 4.79 Å². The van der Waals surface area contributed by atoms with Crippen LogP contribution in [0.15, 0.2) is 27.8 Å². The number of aryl methyl sites for hydroxylation is 1. The summed E-state index contributed by atoms with van der Waals surface area (Å²) in [6.07, 6.45) is 5.13. The van der Waals surface area contributed by atoms with E-state index in [0.29, 0.717) is 0 Å². The molecule has 0 amide bonds. The van der Waals surface area contributed by atoms with Gasteiger partial charge >= 0.3 is 5.97 Å². The van der Waals surface area contributed by atoms with Crippen molar-refractivity contribution in [3.63, 3.8) is 0 Å². The van der Waals surface area contributed by atoms with E-state index in [2.05, 4.69) is 31.5 Å². The third-order valence-corrected chi connectivity index (χ3v) is 5.15. The second-order valence-corrected chi connectivity index (χ2v) is 7.31. The number of rotatable bonds is 7. The van der Waals surface area contributed by atoms with Crippen LogP contribution in [-0.2, 0) is 11.3 Å². The smallest absolute Gasteiger partial charge is 0.313 e. The molecule has 1 aromatic carbocycles. The molecule has 1 N–H and O–H groups in total. The van der Waals surface area contributed by atoms with Gasteiger partial charge in [-0.2, -0.15) is 0 Å². The number of hydrogen-bond acceptors (Lipinski definition) is 3. The van der Waals surface area contributed by atoms with Gasteiger partial charge in [0.25, 0.3) is 0 Å². The van der Waals surface area contributed by atoms with Crippen LogP contribution in [0, 0.1) is 5.92 Å². The van der Waals surface area contributed by atoms with Crippen molar-refractivity contribution in [2.24, 2.45) is 5.92 Å². The highest BCUT2D eigenvalue weighted by molar-refractivity contribution is 9.10. The fraction of sp³-hybridized carbons (Fsp3) is 0.467. The predicted molar refractivity (Wildman–Crippen MR) is 87.8 cm³/mol. The summed E-state index contributed by atoms with van der Waals surface area (Å²) in [6, 6.07) is 6.00. The maximum atomic E-state index is 10.8. The van der Waals surface area contributed by atoms with E-state index in [1.165, 1.54) is 31.0 Å².